The minimum Gasteiger partial charge on any atom is -0.507 e. The molecule has 0 fully saturated rings. The lowest BCUT2D eigenvalue weighted by Crippen LogP contribution is -2.12. The number of hydrogen-bond acceptors (Lipinski definition) is 3. The van der Waals surface area contributed by atoms with Crippen LogP contribution in [0.2, 0.25) is 10.0 Å². The van der Waals surface area contributed by atoms with E-state index in [0.717, 1.165) is 18.2 Å². The average molecular weight is 316 g/mol. The summed E-state index contributed by atoms with van der Waals surface area (Å²) in [5.41, 5.74) is -0.323. The van der Waals surface area contributed by atoms with E-state index in [9.17, 15) is 19.4 Å². The van der Waals surface area contributed by atoms with Gasteiger partial charge in [0, 0.05) is 5.02 Å². The third-order valence-electron chi connectivity index (χ3n) is 2.48. The van der Waals surface area contributed by atoms with Crippen LogP contribution in [-0.4, -0.2) is 16.1 Å². The second kappa shape index (κ2) is 5.56. The SMILES string of the molecule is O=C(Nc1cc(Cl)cc(Cl)c1O)c1cc(F)ccc1O. The van der Waals surface area contributed by atoms with E-state index in [2.05, 4.69) is 5.32 Å². The topological polar surface area (TPSA) is 69.6 Å². The molecule has 1 amide bonds. The lowest BCUT2D eigenvalue weighted by atomic mass is 10.1. The Morgan fingerprint density at radius 2 is 1.85 bits per heavy atom. The maximum Gasteiger partial charge on any atom is 0.259 e. The molecule has 2 aromatic carbocycles. The number of phenolic OH excluding ortho intramolecular Hbond substituents is 2. The monoisotopic (exact) mass is 315 g/mol. The largest absolute Gasteiger partial charge is 0.507 e. The molecular weight excluding hydrogens is 308 g/mol. The number of benzene rings is 2. The van der Waals surface area contributed by atoms with Gasteiger partial charge in [-0.1, -0.05) is 23.2 Å². The number of anilines is 1. The van der Waals surface area contributed by atoms with Gasteiger partial charge in [-0.3, -0.25) is 4.79 Å². The molecule has 0 atom stereocenters. The van der Waals surface area contributed by atoms with Crippen molar-refractivity contribution >= 4 is 34.8 Å². The summed E-state index contributed by atoms with van der Waals surface area (Å²) < 4.78 is 13.1. The molecule has 104 valence electrons. The number of hydrogen-bond donors (Lipinski definition) is 3. The molecular formula is C13H8Cl2FNO3. The van der Waals surface area contributed by atoms with Gasteiger partial charge in [-0.05, 0) is 30.3 Å². The normalized spacial score (nSPS) is 10.3. The number of rotatable bonds is 2. The van der Waals surface area contributed by atoms with Gasteiger partial charge in [-0.25, -0.2) is 4.39 Å². The number of carbonyl (C=O) groups is 1. The van der Waals surface area contributed by atoms with Gasteiger partial charge >= 0.3 is 0 Å². The van der Waals surface area contributed by atoms with Gasteiger partial charge in [0.2, 0.25) is 0 Å². The summed E-state index contributed by atoms with van der Waals surface area (Å²) in [7, 11) is 0. The number of aromatic hydroxyl groups is 2. The Hall–Kier alpha value is -1.98. The van der Waals surface area contributed by atoms with Crippen molar-refractivity contribution in [2.24, 2.45) is 0 Å². The van der Waals surface area contributed by atoms with E-state index in [1.807, 2.05) is 0 Å². The molecule has 0 saturated carbocycles. The summed E-state index contributed by atoms with van der Waals surface area (Å²) in [6.45, 7) is 0. The average Bonchev–Trinajstić information content (AvgIpc) is 2.38. The van der Waals surface area contributed by atoms with Crippen molar-refractivity contribution in [3.63, 3.8) is 0 Å². The van der Waals surface area contributed by atoms with Crippen LogP contribution in [0.1, 0.15) is 10.4 Å². The molecule has 0 saturated heterocycles. The summed E-state index contributed by atoms with van der Waals surface area (Å²) in [5, 5.41) is 21.7. The zero-order valence-corrected chi connectivity index (χ0v) is 11.3. The maximum atomic E-state index is 13.1. The molecule has 2 rings (SSSR count). The van der Waals surface area contributed by atoms with Crippen molar-refractivity contribution in [3.05, 3.63) is 51.8 Å². The van der Waals surface area contributed by atoms with Crippen LogP contribution in [0.15, 0.2) is 30.3 Å². The van der Waals surface area contributed by atoms with E-state index in [0.29, 0.717) is 0 Å². The highest BCUT2D eigenvalue weighted by atomic mass is 35.5. The molecule has 0 radical (unpaired) electrons. The fourth-order valence-electron chi connectivity index (χ4n) is 1.54. The summed E-state index contributed by atoms with van der Waals surface area (Å²) in [4.78, 5) is 11.9. The quantitative estimate of drug-likeness (QED) is 0.738. The van der Waals surface area contributed by atoms with E-state index < -0.39 is 17.5 Å². The highest BCUT2D eigenvalue weighted by molar-refractivity contribution is 6.36. The third kappa shape index (κ3) is 2.95. The molecule has 0 bridgehead atoms. The Kier molecular flexibility index (Phi) is 4.01. The standard InChI is InChI=1S/C13H8Cl2FNO3/c14-6-3-9(15)12(19)10(4-6)17-13(20)8-5-7(16)1-2-11(8)18/h1-5,18-19H,(H,17,20). The molecule has 0 aliphatic rings. The first kappa shape index (κ1) is 14.4. The predicted molar refractivity (Wildman–Crippen MR) is 74.1 cm³/mol. The fraction of sp³-hybridized carbons (Fsp3) is 0. The van der Waals surface area contributed by atoms with Crippen LogP contribution in [0, 0.1) is 5.82 Å². The van der Waals surface area contributed by atoms with Crippen molar-refractivity contribution in [2.75, 3.05) is 5.32 Å². The first-order valence-corrected chi connectivity index (χ1v) is 6.12. The zero-order valence-electron chi connectivity index (χ0n) is 9.82. The minimum absolute atomic E-state index is 0.0451. The Bertz CT molecular complexity index is 692. The molecule has 0 aliphatic carbocycles. The Morgan fingerprint density at radius 3 is 2.55 bits per heavy atom. The first-order valence-electron chi connectivity index (χ1n) is 5.36. The van der Waals surface area contributed by atoms with Crippen molar-refractivity contribution < 1.29 is 19.4 Å². The van der Waals surface area contributed by atoms with Crippen LogP contribution in [0.25, 0.3) is 0 Å². The third-order valence-corrected chi connectivity index (χ3v) is 2.99. The van der Waals surface area contributed by atoms with Gasteiger partial charge < -0.3 is 15.5 Å². The van der Waals surface area contributed by atoms with Crippen molar-refractivity contribution in [1.82, 2.24) is 0 Å². The van der Waals surface area contributed by atoms with Crippen LogP contribution in [0.3, 0.4) is 0 Å². The summed E-state index contributed by atoms with van der Waals surface area (Å²) in [5.74, 6) is -2.26. The van der Waals surface area contributed by atoms with Gasteiger partial charge in [0.1, 0.15) is 11.6 Å². The number of halogens is 3. The fourth-order valence-corrected chi connectivity index (χ4v) is 2.03. The summed E-state index contributed by atoms with van der Waals surface area (Å²) >= 11 is 11.5. The molecule has 0 aromatic heterocycles. The molecule has 3 N–H and O–H groups in total. The Labute approximate surface area is 123 Å². The van der Waals surface area contributed by atoms with Crippen LogP contribution < -0.4 is 5.32 Å². The Morgan fingerprint density at radius 1 is 1.15 bits per heavy atom. The molecule has 4 nitrogen and oxygen atoms in total. The van der Waals surface area contributed by atoms with Gasteiger partial charge in [0.25, 0.3) is 5.91 Å². The second-order valence-electron chi connectivity index (χ2n) is 3.90. The predicted octanol–water partition coefficient (Wildman–Crippen LogP) is 3.80. The highest BCUT2D eigenvalue weighted by Gasteiger charge is 2.16. The second-order valence-corrected chi connectivity index (χ2v) is 4.74. The lowest BCUT2D eigenvalue weighted by Gasteiger charge is -2.10. The number of nitrogens with one attached hydrogen (secondary N) is 1. The molecule has 0 spiro atoms. The van der Waals surface area contributed by atoms with Crippen molar-refractivity contribution in [3.8, 4) is 11.5 Å². The molecule has 0 unspecified atom stereocenters. The van der Waals surface area contributed by atoms with Gasteiger partial charge in [-0.15, -0.1) is 0 Å². The number of carbonyl (C=O) groups excluding carboxylic acids is 1. The highest BCUT2D eigenvalue weighted by Crippen LogP contribution is 2.35. The van der Waals surface area contributed by atoms with Crippen LogP contribution in [0.5, 0.6) is 11.5 Å². The van der Waals surface area contributed by atoms with Crippen molar-refractivity contribution in [2.45, 2.75) is 0 Å². The molecule has 2 aromatic rings. The van der Waals surface area contributed by atoms with E-state index in [1.54, 1.807) is 0 Å². The van der Waals surface area contributed by atoms with E-state index in [-0.39, 0.29) is 27.0 Å². The molecule has 0 heterocycles. The van der Waals surface area contributed by atoms with E-state index in [4.69, 9.17) is 23.2 Å². The molecule has 20 heavy (non-hydrogen) atoms. The van der Waals surface area contributed by atoms with Gasteiger partial charge in [0.15, 0.2) is 5.75 Å². The van der Waals surface area contributed by atoms with Crippen molar-refractivity contribution in [1.29, 1.82) is 0 Å². The Balaban J connectivity index is 2.35. The summed E-state index contributed by atoms with van der Waals surface area (Å²) in [6, 6.07) is 5.51. The molecule has 0 aliphatic heterocycles. The minimum atomic E-state index is -0.810. The zero-order chi connectivity index (χ0) is 14.9. The van der Waals surface area contributed by atoms with E-state index >= 15 is 0 Å². The first-order chi connectivity index (χ1) is 9.38. The van der Waals surface area contributed by atoms with Crippen LogP contribution >= 0.6 is 23.2 Å². The maximum absolute atomic E-state index is 13.1. The van der Waals surface area contributed by atoms with Crippen LogP contribution in [0.4, 0.5) is 10.1 Å². The molecule has 7 heteroatoms. The number of phenols is 2. The summed E-state index contributed by atoms with van der Waals surface area (Å²) in [6.07, 6.45) is 0. The van der Waals surface area contributed by atoms with Gasteiger partial charge in [0.05, 0.1) is 16.3 Å². The smallest absolute Gasteiger partial charge is 0.259 e. The van der Waals surface area contributed by atoms with Gasteiger partial charge in [-0.2, -0.15) is 0 Å². The van der Waals surface area contributed by atoms with E-state index in [1.165, 1.54) is 12.1 Å². The van der Waals surface area contributed by atoms with Crippen LogP contribution in [-0.2, 0) is 0 Å². The lowest BCUT2D eigenvalue weighted by molar-refractivity contribution is 0.102. The number of amides is 1.